The van der Waals surface area contributed by atoms with Crippen molar-refractivity contribution >= 4 is 11.8 Å². The van der Waals surface area contributed by atoms with Crippen molar-refractivity contribution in [2.24, 2.45) is 11.3 Å². The molecule has 116 valence electrons. The highest BCUT2D eigenvalue weighted by atomic mass is 16.4. The summed E-state index contributed by atoms with van der Waals surface area (Å²) in [6, 6.07) is 2.03. The summed E-state index contributed by atoms with van der Waals surface area (Å²) >= 11 is 0. The lowest BCUT2D eigenvalue weighted by molar-refractivity contribution is -0.150. The Morgan fingerprint density at radius 2 is 2.14 bits per heavy atom. The van der Waals surface area contributed by atoms with Gasteiger partial charge in [-0.25, -0.2) is 9.97 Å². The van der Waals surface area contributed by atoms with Gasteiger partial charge in [0.1, 0.15) is 12.1 Å². The van der Waals surface area contributed by atoms with E-state index in [4.69, 9.17) is 0 Å². The van der Waals surface area contributed by atoms with E-state index in [1.165, 1.54) is 0 Å². The molecule has 1 unspecified atom stereocenters. The minimum atomic E-state index is -0.722. The summed E-state index contributed by atoms with van der Waals surface area (Å²) < 4.78 is 0. The van der Waals surface area contributed by atoms with Gasteiger partial charge in [0.25, 0.3) is 0 Å². The number of hydrogen-bond acceptors (Lipinski definition) is 4. The summed E-state index contributed by atoms with van der Waals surface area (Å²) in [4.78, 5) is 22.3. The Balaban J connectivity index is 2.18. The number of rotatable bonds is 4. The van der Waals surface area contributed by atoms with Crippen LogP contribution in [0, 0.1) is 11.3 Å². The maximum Gasteiger partial charge on any atom is 0.309 e. The fourth-order valence-electron chi connectivity index (χ4n) is 2.80. The smallest absolute Gasteiger partial charge is 0.309 e. The molecule has 0 radical (unpaired) electrons. The van der Waals surface area contributed by atoms with Crippen LogP contribution in [-0.2, 0) is 4.79 Å². The van der Waals surface area contributed by atoms with Crippen molar-refractivity contribution in [2.75, 3.05) is 18.0 Å². The minimum Gasteiger partial charge on any atom is -0.481 e. The number of hydrogen-bond donors (Lipinski definition) is 1. The molecule has 2 rings (SSSR count). The van der Waals surface area contributed by atoms with Gasteiger partial charge in [-0.2, -0.15) is 0 Å². The van der Waals surface area contributed by atoms with Gasteiger partial charge in [0.15, 0.2) is 0 Å². The highest BCUT2D eigenvalue weighted by molar-refractivity contribution is 5.74. The molecule has 1 aliphatic rings. The number of aliphatic carboxylic acids is 1. The number of carbonyl (C=O) groups is 1. The van der Waals surface area contributed by atoms with Crippen LogP contribution in [0.3, 0.4) is 0 Å². The number of nitrogens with zero attached hydrogens (tertiary/aromatic N) is 3. The van der Waals surface area contributed by atoms with Gasteiger partial charge in [-0.15, -0.1) is 0 Å². The van der Waals surface area contributed by atoms with Gasteiger partial charge < -0.3 is 10.0 Å². The summed E-state index contributed by atoms with van der Waals surface area (Å²) in [6.07, 6.45) is 3.57. The monoisotopic (exact) mass is 291 g/mol. The van der Waals surface area contributed by atoms with Crippen LogP contribution in [0.15, 0.2) is 12.4 Å². The zero-order valence-electron chi connectivity index (χ0n) is 13.3. The predicted molar refractivity (Wildman–Crippen MR) is 82.5 cm³/mol. The first-order valence-electron chi connectivity index (χ1n) is 7.62. The van der Waals surface area contributed by atoms with Gasteiger partial charge in [-0.05, 0) is 38.5 Å². The first kappa shape index (κ1) is 15.7. The van der Waals surface area contributed by atoms with Gasteiger partial charge in [0.05, 0.1) is 5.41 Å². The van der Waals surface area contributed by atoms with Gasteiger partial charge in [0, 0.05) is 24.8 Å². The summed E-state index contributed by atoms with van der Waals surface area (Å²) in [5, 5.41) is 9.42. The molecule has 1 N–H and O–H groups in total. The average Bonchev–Trinajstić information content (AvgIpc) is 2.47. The van der Waals surface area contributed by atoms with Crippen LogP contribution in [0.1, 0.15) is 52.1 Å². The Morgan fingerprint density at radius 1 is 1.43 bits per heavy atom. The van der Waals surface area contributed by atoms with E-state index in [2.05, 4.69) is 28.7 Å². The second kappa shape index (κ2) is 6.00. The second-order valence-electron chi connectivity index (χ2n) is 6.77. The Hall–Kier alpha value is -1.65. The summed E-state index contributed by atoms with van der Waals surface area (Å²) in [6.45, 7) is 9.54. The van der Waals surface area contributed by atoms with E-state index in [-0.39, 0.29) is 5.92 Å². The van der Waals surface area contributed by atoms with Crippen molar-refractivity contribution < 1.29 is 9.90 Å². The standard InChI is InChI=1S/C16H25N3O2/c1-11(2)13-8-14(18-10-17-13)19-7-5-6-12(9-19)16(3,4)15(20)21/h8,10-12H,5-7,9H2,1-4H3,(H,20,21). The molecule has 1 atom stereocenters. The fraction of sp³-hybridized carbons (Fsp3) is 0.688. The zero-order chi connectivity index (χ0) is 15.6. The van der Waals surface area contributed by atoms with Crippen molar-refractivity contribution in [2.45, 2.75) is 46.5 Å². The van der Waals surface area contributed by atoms with Crippen molar-refractivity contribution in [3.63, 3.8) is 0 Å². The van der Waals surface area contributed by atoms with Gasteiger partial charge in [-0.1, -0.05) is 13.8 Å². The molecule has 0 saturated carbocycles. The molecule has 1 saturated heterocycles. The maximum absolute atomic E-state index is 11.5. The van der Waals surface area contributed by atoms with Gasteiger partial charge in [0.2, 0.25) is 0 Å². The molecule has 0 bridgehead atoms. The minimum absolute atomic E-state index is 0.140. The van der Waals surface area contributed by atoms with Crippen molar-refractivity contribution in [3.05, 3.63) is 18.1 Å². The molecule has 0 amide bonds. The lowest BCUT2D eigenvalue weighted by Gasteiger charge is -2.39. The first-order valence-corrected chi connectivity index (χ1v) is 7.62. The molecule has 0 aliphatic carbocycles. The third-order valence-electron chi connectivity index (χ3n) is 4.58. The van der Waals surface area contributed by atoms with Crippen LogP contribution in [0.25, 0.3) is 0 Å². The quantitative estimate of drug-likeness (QED) is 0.924. The summed E-state index contributed by atoms with van der Waals surface area (Å²) in [7, 11) is 0. The molecule has 1 fully saturated rings. The van der Waals surface area contributed by atoms with Crippen LogP contribution in [0.2, 0.25) is 0 Å². The first-order chi connectivity index (χ1) is 9.82. The largest absolute Gasteiger partial charge is 0.481 e. The molecule has 0 spiro atoms. The maximum atomic E-state index is 11.5. The average molecular weight is 291 g/mol. The molecule has 5 nitrogen and oxygen atoms in total. The van der Waals surface area contributed by atoms with E-state index in [0.29, 0.717) is 5.92 Å². The predicted octanol–water partition coefficient (Wildman–Crippen LogP) is 2.93. The van der Waals surface area contributed by atoms with Crippen molar-refractivity contribution in [1.29, 1.82) is 0 Å². The lowest BCUT2D eigenvalue weighted by atomic mass is 9.74. The number of anilines is 1. The van der Waals surface area contributed by atoms with Crippen molar-refractivity contribution in [1.82, 2.24) is 9.97 Å². The molecule has 1 aromatic heterocycles. The third kappa shape index (κ3) is 3.34. The van der Waals surface area contributed by atoms with E-state index >= 15 is 0 Å². The van der Waals surface area contributed by atoms with Crippen LogP contribution in [-0.4, -0.2) is 34.1 Å². The molecule has 0 aromatic carbocycles. The topological polar surface area (TPSA) is 66.3 Å². The van der Waals surface area contributed by atoms with E-state index in [1.54, 1.807) is 6.33 Å². The number of carboxylic acids is 1. The van der Waals surface area contributed by atoms with Crippen LogP contribution < -0.4 is 4.90 Å². The second-order valence-corrected chi connectivity index (χ2v) is 6.77. The Kier molecular flexibility index (Phi) is 4.49. The van der Waals surface area contributed by atoms with Crippen LogP contribution in [0.5, 0.6) is 0 Å². The van der Waals surface area contributed by atoms with Gasteiger partial charge >= 0.3 is 5.97 Å². The van der Waals surface area contributed by atoms with E-state index in [0.717, 1.165) is 37.4 Å². The molecular weight excluding hydrogens is 266 g/mol. The fourth-order valence-corrected chi connectivity index (χ4v) is 2.80. The van der Waals surface area contributed by atoms with Crippen LogP contribution in [0.4, 0.5) is 5.82 Å². The highest BCUT2D eigenvalue weighted by Gasteiger charge is 2.39. The zero-order valence-corrected chi connectivity index (χ0v) is 13.3. The third-order valence-corrected chi connectivity index (χ3v) is 4.58. The molecule has 21 heavy (non-hydrogen) atoms. The molecule has 5 heteroatoms. The Labute approximate surface area is 126 Å². The van der Waals surface area contributed by atoms with E-state index in [9.17, 15) is 9.90 Å². The molecule has 2 heterocycles. The number of carboxylic acid groups (broad SMARTS) is 1. The number of aromatic nitrogens is 2. The Morgan fingerprint density at radius 3 is 2.76 bits per heavy atom. The molecule has 1 aliphatic heterocycles. The van der Waals surface area contributed by atoms with E-state index in [1.807, 2.05) is 19.9 Å². The summed E-state index contributed by atoms with van der Waals surface area (Å²) in [5.74, 6) is 0.698. The van der Waals surface area contributed by atoms with Crippen LogP contribution >= 0.6 is 0 Å². The van der Waals surface area contributed by atoms with Crippen molar-refractivity contribution in [3.8, 4) is 0 Å². The molecule has 1 aromatic rings. The summed E-state index contributed by atoms with van der Waals surface area (Å²) in [5.41, 5.74) is 0.326. The normalized spacial score (nSPS) is 19.9. The lowest BCUT2D eigenvalue weighted by Crippen LogP contribution is -2.45. The van der Waals surface area contributed by atoms with Gasteiger partial charge in [-0.3, -0.25) is 4.79 Å². The molecular formula is C16H25N3O2. The Bertz CT molecular complexity index is 514. The number of piperidine rings is 1. The SMILES string of the molecule is CC(C)c1cc(N2CCCC(C(C)(C)C(=O)O)C2)ncn1. The highest BCUT2D eigenvalue weighted by Crippen LogP contribution is 2.35. The van der Waals surface area contributed by atoms with E-state index < -0.39 is 11.4 Å².